The van der Waals surface area contributed by atoms with Gasteiger partial charge in [-0.3, -0.25) is 24.7 Å². The number of anilines is 5. The lowest BCUT2D eigenvalue weighted by molar-refractivity contribution is -0.120. The minimum atomic E-state index is -0.535. The Kier molecular flexibility index (Phi) is 12.4. The van der Waals surface area contributed by atoms with Gasteiger partial charge in [0.2, 0.25) is 5.91 Å². The zero-order valence-electron chi connectivity index (χ0n) is 36.3. The molecule has 0 radical (unpaired) electrons. The van der Waals surface area contributed by atoms with Crippen molar-refractivity contribution in [2.45, 2.75) is 65.3 Å². The van der Waals surface area contributed by atoms with Crippen molar-refractivity contribution in [3.8, 4) is 11.3 Å². The van der Waals surface area contributed by atoms with Crippen molar-refractivity contribution in [3.63, 3.8) is 0 Å². The summed E-state index contributed by atoms with van der Waals surface area (Å²) in [5.41, 5.74) is 4.71. The molecule has 0 spiro atoms. The van der Waals surface area contributed by atoms with Crippen LogP contribution in [0.4, 0.5) is 42.1 Å². The van der Waals surface area contributed by atoms with Gasteiger partial charge in [0.25, 0.3) is 0 Å². The van der Waals surface area contributed by atoms with Gasteiger partial charge in [0.15, 0.2) is 5.82 Å². The molecule has 0 bridgehead atoms. The Labute approximate surface area is 365 Å². The summed E-state index contributed by atoms with van der Waals surface area (Å²) in [6.45, 7) is 15.9. The molecule has 330 valence electrons. The van der Waals surface area contributed by atoms with E-state index in [1.54, 1.807) is 31.2 Å². The van der Waals surface area contributed by atoms with Gasteiger partial charge in [-0.25, -0.2) is 23.5 Å². The third-order valence-corrected chi connectivity index (χ3v) is 12.0. The van der Waals surface area contributed by atoms with Crippen molar-refractivity contribution in [2.75, 3.05) is 72.4 Å². The molecule has 63 heavy (non-hydrogen) atoms. The van der Waals surface area contributed by atoms with E-state index in [4.69, 9.17) is 4.52 Å². The molecule has 15 nitrogen and oxygen atoms in total. The number of aromatic nitrogens is 4. The SMILES string of the molecule is Cc1cc(-c2cc(Nc3ccc(N4CCN(CC5CCN(c6ccc(N7CCC(=O)NC7=O)cc6F)CC5)CC4)cc3)ncn2)c(F)cc1[C@@H](C)NC(=O)c1nc(C(C)(C)C)no1. The zero-order chi connectivity index (χ0) is 44.4. The van der Waals surface area contributed by atoms with Gasteiger partial charge < -0.3 is 25.0 Å². The number of benzene rings is 3. The van der Waals surface area contributed by atoms with Crippen LogP contribution in [0.2, 0.25) is 0 Å². The number of hydrogen-bond acceptors (Lipinski definition) is 12. The topological polar surface area (TPSA) is 165 Å². The summed E-state index contributed by atoms with van der Waals surface area (Å²) in [5, 5.41) is 12.4. The molecule has 3 aliphatic heterocycles. The molecule has 1 atom stereocenters. The number of nitrogens with one attached hydrogen (secondary N) is 3. The molecule has 8 rings (SSSR count). The number of aryl methyl sites for hydroxylation is 1. The van der Waals surface area contributed by atoms with Crippen LogP contribution >= 0.6 is 0 Å². The van der Waals surface area contributed by atoms with Crippen LogP contribution in [0.15, 0.2) is 71.5 Å². The number of piperidine rings is 1. The smallest absolute Gasteiger partial charge is 0.328 e. The van der Waals surface area contributed by atoms with Gasteiger partial charge in [-0.05, 0) is 98.3 Å². The molecule has 5 aromatic rings. The van der Waals surface area contributed by atoms with Crippen LogP contribution in [0.25, 0.3) is 11.3 Å². The Bertz CT molecular complexity index is 2480. The normalized spacial score (nSPS) is 17.2. The lowest BCUT2D eigenvalue weighted by Crippen LogP contribution is -2.49. The van der Waals surface area contributed by atoms with Crippen molar-refractivity contribution < 1.29 is 27.7 Å². The Morgan fingerprint density at radius 2 is 1.62 bits per heavy atom. The Balaban J connectivity index is 0.800. The average Bonchev–Trinajstić information content (AvgIpc) is 3.78. The summed E-state index contributed by atoms with van der Waals surface area (Å²) in [5.74, 6) is -0.362. The van der Waals surface area contributed by atoms with Crippen LogP contribution in [-0.4, -0.2) is 95.2 Å². The van der Waals surface area contributed by atoms with E-state index >= 15 is 8.78 Å². The van der Waals surface area contributed by atoms with Crippen molar-refractivity contribution in [3.05, 3.63) is 101 Å². The summed E-state index contributed by atoms with van der Waals surface area (Å²) in [6, 6.07) is 16.9. The molecular weight excluding hydrogens is 809 g/mol. The molecule has 0 saturated carbocycles. The fraction of sp³-hybridized carbons (Fsp3) is 0.413. The molecule has 3 fully saturated rings. The molecular formula is C46H53F2N11O4. The second kappa shape index (κ2) is 18.1. The van der Waals surface area contributed by atoms with Crippen LogP contribution in [0.1, 0.15) is 80.6 Å². The molecule has 0 aliphatic carbocycles. The maximum Gasteiger partial charge on any atom is 0.328 e. The first-order chi connectivity index (χ1) is 30.2. The first-order valence-corrected chi connectivity index (χ1v) is 21.5. The lowest BCUT2D eigenvalue weighted by atomic mass is 9.95. The van der Waals surface area contributed by atoms with Gasteiger partial charge in [0, 0.05) is 92.9 Å². The standard InChI is InChI=1S/C46H53F2N11O4/c1-28-22-35(36(47)24-34(28)29(2)51-42(61)43-54-44(55-63-43)46(3,4)5)38-25-40(50-27-49-38)52-31-6-8-32(9-7-31)57-20-18-56(19-21-57)26-30-12-15-58(16-13-30)39-11-10-33(23-37(39)48)59-17-14-41(60)53-45(59)62/h6-11,22-25,27,29-30H,12-21,26H2,1-5H3,(H,51,61)(H,49,50,52)(H,53,60,62)/t29-/m1/s1. The predicted molar refractivity (Wildman–Crippen MR) is 236 cm³/mol. The highest BCUT2D eigenvalue weighted by molar-refractivity contribution is 6.05. The largest absolute Gasteiger partial charge is 0.369 e. The number of hydrogen-bond donors (Lipinski definition) is 3. The highest BCUT2D eigenvalue weighted by Crippen LogP contribution is 2.32. The monoisotopic (exact) mass is 861 g/mol. The number of rotatable bonds is 11. The molecule has 3 N–H and O–H groups in total. The number of halogens is 2. The third kappa shape index (κ3) is 9.93. The number of urea groups is 1. The number of carbonyl (C=O) groups is 3. The van der Waals surface area contributed by atoms with Crippen molar-refractivity contribution in [1.29, 1.82) is 0 Å². The lowest BCUT2D eigenvalue weighted by Gasteiger charge is -2.40. The van der Waals surface area contributed by atoms with Gasteiger partial charge in [-0.15, -0.1) is 0 Å². The summed E-state index contributed by atoms with van der Waals surface area (Å²) in [4.78, 5) is 57.9. The highest BCUT2D eigenvalue weighted by atomic mass is 19.1. The molecule has 2 aromatic heterocycles. The first kappa shape index (κ1) is 43.2. The molecule has 3 aromatic carbocycles. The molecule has 4 amide bonds. The summed E-state index contributed by atoms with van der Waals surface area (Å²) in [7, 11) is 0. The van der Waals surface area contributed by atoms with Crippen molar-refractivity contribution in [1.82, 2.24) is 35.6 Å². The Hall–Kier alpha value is -6.49. The second-order valence-corrected chi connectivity index (χ2v) is 17.6. The molecule has 0 unspecified atom stereocenters. The summed E-state index contributed by atoms with van der Waals surface area (Å²) < 4.78 is 36.1. The number of amides is 4. The quantitative estimate of drug-likeness (QED) is 0.123. The Morgan fingerprint density at radius 3 is 2.30 bits per heavy atom. The van der Waals surface area contributed by atoms with E-state index in [0.717, 1.165) is 75.6 Å². The third-order valence-electron chi connectivity index (χ3n) is 12.0. The predicted octanol–water partition coefficient (Wildman–Crippen LogP) is 7.13. The number of carbonyl (C=O) groups excluding carboxylic acids is 3. The van der Waals surface area contributed by atoms with E-state index in [2.05, 4.69) is 62.9 Å². The Morgan fingerprint density at radius 1 is 0.889 bits per heavy atom. The minimum absolute atomic E-state index is 0.146. The van der Waals surface area contributed by atoms with Gasteiger partial charge in [0.05, 0.1) is 17.4 Å². The fourth-order valence-corrected chi connectivity index (χ4v) is 8.43. The van der Waals surface area contributed by atoms with Crippen molar-refractivity contribution in [2.24, 2.45) is 5.92 Å². The van der Waals surface area contributed by atoms with Crippen LogP contribution in [0.5, 0.6) is 0 Å². The first-order valence-electron chi connectivity index (χ1n) is 21.5. The van der Waals surface area contributed by atoms with Crippen LogP contribution < -0.4 is 30.7 Å². The van der Waals surface area contributed by atoms with Crippen LogP contribution in [0.3, 0.4) is 0 Å². The maximum absolute atomic E-state index is 15.7. The summed E-state index contributed by atoms with van der Waals surface area (Å²) in [6.07, 6.45) is 3.55. The fourth-order valence-electron chi connectivity index (χ4n) is 8.43. The van der Waals surface area contributed by atoms with Gasteiger partial charge in [0.1, 0.15) is 23.8 Å². The molecule has 5 heterocycles. The van der Waals surface area contributed by atoms with Gasteiger partial charge >= 0.3 is 17.8 Å². The number of imide groups is 1. The molecule has 3 saturated heterocycles. The highest BCUT2D eigenvalue weighted by Gasteiger charge is 2.29. The molecule has 17 heteroatoms. The minimum Gasteiger partial charge on any atom is -0.369 e. The summed E-state index contributed by atoms with van der Waals surface area (Å²) >= 11 is 0. The number of piperazine rings is 1. The van der Waals surface area contributed by atoms with E-state index in [-0.39, 0.29) is 36.0 Å². The van der Waals surface area contributed by atoms with E-state index in [9.17, 15) is 14.4 Å². The van der Waals surface area contributed by atoms with Crippen LogP contribution in [0, 0.1) is 24.5 Å². The van der Waals surface area contributed by atoms with Crippen molar-refractivity contribution >= 4 is 46.4 Å². The molecule has 3 aliphatic rings. The van der Waals surface area contributed by atoms with Gasteiger partial charge in [-0.1, -0.05) is 25.9 Å². The zero-order valence-corrected chi connectivity index (χ0v) is 36.3. The second-order valence-electron chi connectivity index (χ2n) is 17.6. The van der Waals surface area contributed by atoms with E-state index in [0.29, 0.717) is 45.8 Å². The average molecular weight is 862 g/mol. The number of nitrogens with zero attached hydrogens (tertiary/aromatic N) is 8. The maximum atomic E-state index is 15.7. The van der Waals surface area contributed by atoms with Crippen LogP contribution in [-0.2, 0) is 10.2 Å². The van der Waals surface area contributed by atoms with E-state index < -0.39 is 23.8 Å². The van der Waals surface area contributed by atoms with E-state index in [1.165, 1.54) is 23.4 Å². The van der Waals surface area contributed by atoms with E-state index in [1.807, 2.05) is 39.8 Å². The van der Waals surface area contributed by atoms with Gasteiger partial charge in [-0.2, -0.15) is 4.98 Å².